The highest BCUT2D eigenvalue weighted by atomic mass is 15.1. The first-order valence-electron chi connectivity index (χ1n) is 26.0. The van der Waals surface area contributed by atoms with Crippen LogP contribution < -0.4 is 9.80 Å². The second-order valence-corrected chi connectivity index (χ2v) is 21.8. The third kappa shape index (κ3) is 8.77. The summed E-state index contributed by atoms with van der Waals surface area (Å²) in [7, 11) is 0. The van der Waals surface area contributed by atoms with Crippen LogP contribution in [0.25, 0.3) is 76.8 Å². The highest BCUT2D eigenvalue weighted by Crippen LogP contribution is 2.45. The fourth-order valence-corrected chi connectivity index (χ4v) is 10.9. The van der Waals surface area contributed by atoms with Crippen LogP contribution >= 0.6 is 0 Å². The standard InChI is InChI=1S/C72H60N2/c1-71(2,3)57-30-40-62(41-31-57)73(59-34-20-51(21-35-59)49-14-9-7-10-15-49)60-38-24-53(25-39-60)65-44-26-54-29-47-68-66(45-27-55-28-46-67(65)69(54)70(55)68)56-18-13-19-64(48-56)74(63-42-32-58(33-43-63)72(4,5)6)61-36-22-52(23-37-61)50-16-11-8-12-17-50/h7-48H,1-6H3. The first-order chi connectivity index (χ1) is 35.9. The van der Waals surface area contributed by atoms with Crippen LogP contribution in [0.5, 0.6) is 0 Å². The summed E-state index contributed by atoms with van der Waals surface area (Å²) >= 11 is 0. The molecule has 0 spiro atoms. The van der Waals surface area contributed by atoms with E-state index >= 15 is 0 Å². The van der Waals surface area contributed by atoms with Crippen LogP contribution in [-0.4, -0.2) is 0 Å². The van der Waals surface area contributed by atoms with Gasteiger partial charge in [-0.05, 0) is 172 Å². The molecule has 12 aromatic rings. The van der Waals surface area contributed by atoms with Crippen LogP contribution in [0.15, 0.2) is 255 Å². The first kappa shape index (κ1) is 46.4. The van der Waals surface area contributed by atoms with Gasteiger partial charge in [-0.15, -0.1) is 0 Å². The molecule has 0 N–H and O–H groups in total. The molecular formula is C72H60N2. The molecule has 0 saturated carbocycles. The Morgan fingerprint density at radius 2 is 0.568 bits per heavy atom. The Hall–Kier alpha value is -8.72. The van der Waals surface area contributed by atoms with Crippen LogP contribution in [-0.2, 0) is 10.8 Å². The van der Waals surface area contributed by atoms with Gasteiger partial charge in [0.25, 0.3) is 0 Å². The normalized spacial score (nSPS) is 11.9. The minimum atomic E-state index is 0.0555. The number of nitrogens with zero attached hydrogens (tertiary/aromatic N) is 2. The molecule has 0 bridgehead atoms. The van der Waals surface area contributed by atoms with Crippen molar-refractivity contribution < 1.29 is 0 Å². The van der Waals surface area contributed by atoms with Crippen molar-refractivity contribution in [2.24, 2.45) is 0 Å². The van der Waals surface area contributed by atoms with E-state index in [9.17, 15) is 0 Å². The molecule has 358 valence electrons. The lowest BCUT2D eigenvalue weighted by Gasteiger charge is -2.27. The molecule has 2 heteroatoms. The SMILES string of the molecule is CC(C)(C)c1ccc(N(c2ccc(-c3ccccc3)cc2)c2ccc(-c3ccc4ccc5c(-c6cccc(N(c7ccc(-c8ccccc8)cc7)c7ccc(C(C)(C)C)cc7)c6)ccc6ccc3c4c65)cc2)cc1. The van der Waals surface area contributed by atoms with Gasteiger partial charge in [0.05, 0.1) is 0 Å². The Balaban J connectivity index is 0.920. The van der Waals surface area contributed by atoms with Gasteiger partial charge in [-0.3, -0.25) is 0 Å². The van der Waals surface area contributed by atoms with Gasteiger partial charge in [-0.2, -0.15) is 0 Å². The molecule has 0 radical (unpaired) electrons. The van der Waals surface area contributed by atoms with Crippen molar-refractivity contribution >= 4 is 66.4 Å². The number of anilines is 6. The Morgan fingerprint density at radius 1 is 0.243 bits per heavy atom. The topological polar surface area (TPSA) is 6.48 Å². The lowest BCUT2D eigenvalue weighted by Crippen LogP contribution is -2.13. The predicted octanol–water partition coefficient (Wildman–Crippen LogP) is 20.8. The summed E-state index contributed by atoms with van der Waals surface area (Å²) in [6.07, 6.45) is 0. The van der Waals surface area contributed by atoms with Crippen LogP contribution in [0.1, 0.15) is 52.7 Å². The molecule has 2 nitrogen and oxygen atoms in total. The minimum Gasteiger partial charge on any atom is -0.311 e. The van der Waals surface area contributed by atoms with Crippen molar-refractivity contribution in [1.82, 2.24) is 0 Å². The Bertz CT molecular complexity index is 3900. The molecule has 74 heavy (non-hydrogen) atoms. The van der Waals surface area contributed by atoms with Gasteiger partial charge in [0.2, 0.25) is 0 Å². The van der Waals surface area contributed by atoms with Crippen molar-refractivity contribution in [2.45, 2.75) is 52.4 Å². The Morgan fingerprint density at radius 3 is 0.973 bits per heavy atom. The Labute approximate surface area is 436 Å². The first-order valence-corrected chi connectivity index (χ1v) is 26.0. The second-order valence-electron chi connectivity index (χ2n) is 21.8. The number of rotatable bonds is 10. The van der Waals surface area contributed by atoms with Crippen molar-refractivity contribution in [3.05, 3.63) is 266 Å². The molecule has 12 aromatic carbocycles. The van der Waals surface area contributed by atoms with Gasteiger partial charge in [0.1, 0.15) is 0 Å². The molecule has 0 amide bonds. The molecule has 12 rings (SSSR count). The van der Waals surface area contributed by atoms with Crippen LogP contribution in [0, 0.1) is 0 Å². The lowest BCUT2D eigenvalue weighted by molar-refractivity contribution is 0.590. The minimum absolute atomic E-state index is 0.0555. The van der Waals surface area contributed by atoms with E-state index in [4.69, 9.17) is 0 Å². The van der Waals surface area contributed by atoms with Crippen LogP contribution in [0.3, 0.4) is 0 Å². The third-order valence-electron chi connectivity index (χ3n) is 15.0. The van der Waals surface area contributed by atoms with Gasteiger partial charge < -0.3 is 9.80 Å². The zero-order chi connectivity index (χ0) is 50.6. The van der Waals surface area contributed by atoms with Crippen molar-refractivity contribution in [2.75, 3.05) is 9.80 Å². The van der Waals surface area contributed by atoms with E-state index in [0.717, 1.165) is 34.1 Å². The molecule has 0 unspecified atom stereocenters. The summed E-state index contributed by atoms with van der Waals surface area (Å²) in [5, 5.41) is 7.61. The van der Waals surface area contributed by atoms with E-state index in [1.807, 2.05) is 0 Å². The summed E-state index contributed by atoms with van der Waals surface area (Å²) in [6, 6.07) is 94.1. The Kier molecular flexibility index (Phi) is 11.7. The zero-order valence-corrected chi connectivity index (χ0v) is 43.1. The quantitative estimate of drug-likeness (QED) is 0.126. The molecule has 0 aliphatic carbocycles. The van der Waals surface area contributed by atoms with Crippen LogP contribution in [0.2, 0.25) is 0 Å². The summed E-state index contributed by atoms with van der Waals surface area (Å²) in [5.74, 6) is 0. The number of benzene rings is 12. The smallest absolute Gasteiger partial charge is 0.0467 e. The van der Waals surface area contributed by atoms with Crippen molar-refractivity contribution in [1.29, 1.82) is 0 Å². The van der Waals surface area contributed by atoms with E-state index in [-0.39, 0.29) is 10.8 Å². The van der Waals surface area contributed by atoms with E-state index in [1.165, 1.54) is 88.0 Å². The zero-order valence-electron chi connectivity index (χ0n) is 43.1. The van der Waals surface area contributed by atoms with Gasteiger partial charge in [0.15, 0.2) is 0 Å². The van der Waals surface area contributed by atoms with Crippen molar-refractivity contribution in [3.63, 3.8) is 0 Å². The highest BCUT2D eigenvalue weighted by Gasteiger charge is 2.21. The summed E-state index contributed by atoms with van der Waals surface area (Å²) < 4.78 is 0. The van der Waals surface area contributed by atoms with Gasteiger partial charge in [-0.1, -0.05) is 224 Å². The average molecular weight is 953 g/mol. The van der Waals surface area contributed by atoms with E-state index < -0.39 is 0 Å². The third-order valence-corrected chi connectivity index (χ3v) is 15.0. The largest absolute Gasteiger partial charge is 0.311 e. The second kappa shape index (κ2) is 18.7. The summed E-state index contributed by atoms with van der Waals surface area (Å²) in [4.78, 5) is 4.76. The van der Waals surface area contributed by atoms with Gasteiger partial charge in [0, 0.05) is 34.1 Å². The fraction of sp³-hybridized carbons (Fsp3) is 0.111. The molecule has 0 aliphatic rings. The molecule has 0 heterocycles. The average Bonchev–Trinajstić information content (AvgIpc) is 3.44. The molecular weight excluding hydrogens is 893 g/mol. The van der Waals surface area contributed by atoms with Gasteiger partial charge >= 0.3 is 0 Å². The summed E-state index contributed by atoms with van der Waals surface area (Å²) in [5.41, 5.74) is 19.1. The predicted molar refractivity (Wildman–Crippen MR) is 319 cm³/mol. The van der Waals surface area contributed by atoms with Crippen molar-refractivity contribution in [3.8, 4) is 44.5 Å². The number of hydrogen-bond acceptors (Lipinski definition) is 2. The van der Waals surface area contributed by atoms with E-state index in [0.29, 0.717) is 0 Å². The maximum absolute atomic E-state index is 2.39. The van der Waals surface area contributed by atoms with Gasteiger partial charge in [-0.25, -0.2) is 0 Å². The molecule has 0 saturated heterocycles. The molecule has 0 atom stereocenters. The van der Waals surface area contributed by atoms with E-state index in [1.54, 1.807) is 0 Å². The number of hydrogen-bond donors (Lipinski definition) is 0. The van der Waals surface area contributed by atoms with E-state index in [2.05, 4.69) is 306 Å². The van der Waals surface area contributed by atoms with Crippen LogP contribution in [0.4, 0.5) is 34.1 Å². The fourth-order valence-electron chi connectivity index (χ4n) is 10.9. The molecule has 0 aliphatic heterocycles. The monoisotopic (exact) mass is 952 g/mol. The maximum Gasteiger partial charge on any atom is 0.0467 e. The molecule has 0 fully saturated rings. The highest BCUT2D eigenvalue weighted by molar-refractivity contribution is 6.27. The lowest BCUT2D eigenvalue weighted by atomic mass is 9.87. The summed E-state index contributed by atoms with van der Waals surface area (Å²) in [6.45, 7) is 13.6. The molecule has 0 aromatic heterocycles. The maximum atomic E-state index is 2.39.